The lowest BCUT2D eigenvalue weighted by molar-refractivity contribution is 0.977. The van der Waals surface area contributed by atoms with Crippen molar-refractivity contribution in [1.82, 2.24) is 0 Å². The minimum absolute atomic E-state index is 0. The van der Waals surface area contributed by atoms with Crippen LogP contribution in [0, 0.1) is 0 Å². The SMILES string of the molecule is C=C/C=C\N=C(C)c1c2ccccc2c(C(=C)N=C/C=C\C)c2ccc(-c3ccc(N(Cc4ccccc4)c4ccccc4)c(N)c3)cc12.S. The highest BCUT2D eigenvalue weighted by atomic mass is 32.1. The summed E-state index contributed by atoms with van der Waals surface area (Å²) in [6, 6.07) is 42.2. The van der Waals surface area contributed by atoms with E-state index in [1.165, 1.54) is 5.56 Å². The van der Waals surface area contributed by atoms with E-state index in [0.29, 0.717) is 17.9 Å². The van der Waals surface area contributed by atoms with Gasteiger partial charge in [0.2, 0.25) is 0 Å². The summed E-state index contributed by atoms with van der Waals surface area (Å²) in [5, 5.41) is 4.30. The highest BCUT2D eigenvalue weighted by Crippen LogP contribution is 2.40. The zero-order chi connectivity index (χ0) is 34.2. The molecule has 0 saturated heterocycles. The molecule has 0 aromatic heterocycles. The van der Waals surface area contributed by atoms with E-state index in [2.05, 4.69) is 134 Å². The number of fused-ring (bicyclic) bond motifs is 2. The van der Waals surface area contributed by atoms with Gasteiger partial charge in [-0.2, -0.15) is 13.5 Å². The maximum absolute atomic E-state index is 6.90. The third-order valence-corrected chi connectivity index (χ3v) is 8.58. The predicted molar refractivity (Wildman–Crippen MR) is 224 cm³/mol. The molecule has 0 aliphatic carbocycles. The Morgan fingerprint density at radius 1 is 0.740 bits per heavy atom. The third-order valence-electron chi connectivity index (χ3n) is 8.58. The fourth-order valence-corrected chi connectivity index (χ4v) is 6.29. The van der Waals surface area contributed by atoms with Crippen molar-refractivity contribution in [3.8, 4) is 11.1 Å². The summed E-state index contributed by atoms with van der Waals surface area (Å²) in [6.07, 6.45) is 11.0. The zero-order valence-corrected chi connectivity index (χ0v) is 29.6. The van der Waals surface area contributed by atoms with Gasteiger partial charge in [-0.05, 0) is 94.6 Å². The first-order valence-electron chi connectivity index (χ1n) is 16.4. The van der Waals surface area contributed by atoms with Crippen LogP contribution in [-0.2, 0) is 6.54 Å². The Kier molecular flexibility index (Phi) is 11.7. The lowest BCUT2D eigenvalue weighted by Crippen LogP contribution is -2.17. The predicted octanol–water partition coefficient (Wildman–Crippen LogP) is 11.8. The lowest BCUT2D eigenvalue weighted by Gasteiger charge is -2.27. The standard InChI is InChI=1S/C45H40N4.H2S/c1-5-7-27-47-32(3)44-38-21-15-16-22-39(38)45(33(4)48-28-8-6-2)41-29-35(23-25-40(41)44)36-24-26-43(42(46)30-36)49(37-19-13-10-14-20-37)31-34-17-11-9-12-18-34;/h5-30H,2-3,31,46H2,1,4H3;1H2/b7-5-,28-8-,47-27?,48-33?;. The molecule has 4 nitrogen and oxygen atoms in total. The van der Waals surface area contributed by atoms with Crippen LogP contribution in [-0.4, -0.2) is 11.9 Å². The van der Waals surface area contributed by atoms with Crippen molar-refractivity contribution in [3.05, 3.63) is 182 Å². The quantitative estimate of drug-likeness (QED) is 0.0645. The summed E-state index contributed by atoms with van der Waals surface area (Å²) in [7, 11) is 0. The van der Waals surface area contributed by atoms with Gasteiger partial charge in [0, 0.05) is 41.5 Å². The average Bonchev–Trinajstić information content (AvgIpc) is 3.13. The minimum atomic E-state index is 0. The second-order valence-corrected chi connectivity index (χ2v) is 11.8. The Balaban J connectivity index is 0.00000486. The Hall–Kier alpha value is -5.91. The number of nitrogen functional groups attached to an aromatic ring is 1. The first kappa shape index (κ1) is 35.4. The molecule has 6 aromatic carbocycles. The molecule has 0 amide bonds. The van der Waals surface area contributed by atoms with Gasteiger partial charge in [0.1, 0.15) is 0 Å². The molecule has 0 aliphatic rings. The maximum atomic E-state index is 6.90. The van der Waals surface area contributed by atoms with Gasteiger partial charge in [0.05, 0.1) is 17.1 Å². The van der Waals surface area contributed by atoms with Crippen molar-refractivity contribution in [1.29, 1.82) is 0 Å². The van der Waals surface area contributed by atoms with E-state index < -0.39 is 0 Å². The van der Waals surface area contributed by atoms with Crippen LogP contribution in [0.5, 0.6) is 0 Å². The topological polar surface area (TPSA) is 54.0 Å². The largest absolute Gasteiger partial charge is 0.397 e. The average molecular weight is 671 g/mol. The van der Waals surface area contributed by atoms with E-state index in [4.69, 9.17) is 15.7 Å². The lowest BCUT2D eigenvalue weighted by atomic mass is 9.87. The number of para-hydroxylation sites is 1. The number of anilines is 3. The van der Waals surface area contributed by atoms with Crippen molar-refractivity contribution in [2.24, 2.45) is 9.98 Å². The van der Waals surface area contributed by atoms with Crippen LogP contribution in [0.4, 0.5) is 17.1 Å². The molecule has 0 unspecified atom stereocenters. The number of aliphatic imine (C=N–C) groups is 2. The first-order valence-corrected chi connectivity index (χ1v) is 16.4. The van der Waals surface area contributed by atoms with Crippen LogP contribution in [0.2, 0.25) is 0 Å². The molecule has 0 radical (unpaired) electrons. The Morgan fingerprint density at radius 2 is 1.36 bits per heavy atom. The molecule has 248 valence electrons. The molecule has 0 saturated carbocycles. The highest BCUT2D eigenvalue weighted by molar-refractivity contribution is 7.59. The molecule has 2 N–H and O–H groups in total. The molecule has 5 heteroatoms. The van der Waals surface area contributed by atoms with Crippen LogP contribution in [0.25, 0.3) is 38.4 Å². The molecule has 6 rings (SSSR count). The number of nitrogens with two attached hydrogens (primary N) is 1. The highest BCUT2D eigenvalue weighted by Gasteiger charge is 2.19. The molecule has 0 spiro atoms. The fourth-order valence-electron chi connectivity index (χ4n) is 6.29. The second kappa shape index (κ2) is 16.5. The van der Waals surface area contributed by atoms with Gasteiger partial charge in [-0.3, -0.25) is 9.98 Å². The smallest absolute Gasteiger partial charge is 0.0648 e. The Morgan fingerprint density at radius 3 is 2.04 bits per heavy atom. The molecule has 0 bridgehead atoms. The molecule has 50 heavy (non-hydrogen) atoms. The monoisotopic (exact) mass is 670 g/mol. The number of nitrogens with zero attached hydrogens (tertiary/aromatic N) is 3. The summed E-state index contributed by atoms with van der Waals surface area (Å²) >= 11 is 0. The number of hydrogen-bond donors (Lipinski definition) is 1. The van der Waals surface area contributed by atoms with Gasteiger partial charge in [-0.25, -0.2) is 0 Å². The van der Waals surface area contributed by atoms with Crippen LogP contribution < -0.4 is 10.6 Å². The molecule has 0 atom stereocenters. The minimum Gasteiger partial charge on any atom is -0.397 e. The molecular formula is C45H42N4S. The van der Waals surface area contributed by atoms with Crippen LogP contribution >= 0.6 is 13.5 Å². The summed E-state index contributed by atoms with van der Waals surface area (Å²) < 4.78 is 0. The van der Waals surface area contributed by atoms with E-state index in [-0.39, 0.29) is 13.5 Å². The van der Waals surface area contributed by atoms with Crippen molar-refractivity contribution >= 4 is 69.7 Å². The molecule has 6 aromatic rings. The van der Waals surface area contributed by atoms with Gasteiger partial charge in [-0.1, -0.05) is 116 Å². The zero-order valence-electron chi connectivity index (χ0n) is 28.6. The Bertz CT molecular complexity index is 2260. The second-order valence-electron chi connectivity index (χ2n) is 11.8. The van der Waals surface area contributed by atoms with Crippen LogP contribution in [0.3, 0.4) is 0 Å². The van der Waals surface area contributed by atoms with Crippen LogP contribution in [0.1, 0.15) is 30.5 Å². The normalized spacial score (nSPS) is 11.8. The van der Waals surface area contributed by atoms with Crippen molar-refractivity contribution < 1.29 is 0 Å². The number of allylic oxidation sites excluding steroid dienone is 4. The van der Waals surface area contributed by atoms with Crippen molar-refractivity contribution in [3.63, 3.8) is 0 Å². The van der Waals surface area contributed by atoms with Crippen molar-refractivity contribution in [2.45, 2.75) is 20.4 Å². The summed E-state index contributed by atoms with van der Waals surface area (Å²) in [6.45, 7) is 12.9. The van der Waals surface area contributed by atoms with E-state index >= 15 is 0 Å². The van der Waals surface area contributed by atoms with E-state index in [1.54, 1.807) is 18.5 Å². The number of benzene rings is 6. The van der Waals surface area contributed by atoms with E-state index in [0.717, 1.165) is 60.9 Å². The van der Waals surface area contributed by atoms with Gasteiger partial charge >= 0.3 is 0 Å². The van der Waals surface area contributed by atoms with Crippen LogP contribution in [0.15, 0.2) is 175 Å². The summed E-state index contributed by atoms with van der Waals surface area (Å²) in [4.78, 5) is 11.8. The van der Waals surface area contributed by atoms with Gasteiger partial charge in [-0.15, -0.1) is 0 Å². The molecule has 0 aliphatic heterocycles. The van der Waals surface area contributed by atoms with E-state index in [1.807, 2.05) is 37.3 Å². The van der Waals surface area contributed by atoms with Gasteiger partial charge in [0.15, 0.2) is 0 Å². The van der Waals surface area contributed by atoms with Gasteiger partial charge in [0.25, 0.3) is 0 Å². The van der Waals surface area contributed by atoms with Gasteiger partial charge < -0.3 is 10.6 Å². The molecule has 0 heterocycles. The fraction of sp³-hybridized carbons (Fsp3) is 0.0667. The number of hydrogen-bond acceptors (Lipinski definition) is 4. The summed E-state index contributed by atoms with van der Waals surface area (Å²) in [5.74, 6) is 0. The maximum Gasteiger partial charge on any atom is 0.0648 e. The molecule has 0 fully saturated rings. The molecular weight excluding hydrogens is 629 g/mol. The third kappa shape index (κ3) is 7.54. The van der Waals surface area contributed by atoms with Crippen molar-refractivity contribution in [2.75, 3.05) is 10.6 Å². The first-order chi connectivity index (χ1) is 24.0. The Labute approximate surface area is 302 Å². The number of rotatable bonds is 11. The van der Waals surface area contributed by atoms with E-state index in [9.17, 15) is 0 Å². The summed E-state index contributed by atoms with van der Waals surface area (Å²) in [5.41, 5.74) is 16.6.